The second kappa shape index (κ2) is 7.49. The Balaban J connectivity index is 2.63. The van der Waals surface area contributed by atoms with Crippen LogP contribution in [0, 0.1) is 0 Å². The molecule has 0 aromatic heterocycles. The average Bonchev–Trinajstić information content (AvgIpc) is 2.43. The number of anilines is 1. The third-order valence-electron chi connectivity index (χ3n) is 2.70. The van der Waals surface area contributed by atoms with Crippen molar-refractivity contribution in [1.29, 1.82) is 0 Å². The highest BCUT2D eigenvalue weighted by Gasteiger charge is 2.11. The first-order valence-electron chi connectivity index (χ1n) is 6.16. The summed E-state index contributed by atoms with van der Waals surface area (Å²) in [6, 6.07) is 3.33. The van der Waals surface area contributed by atoms with Crippen LogP contribution in [0.2, 0.25) is 5.02 Å². The van der Waals surface area contributed by atoms with Gasteiger partial charge in [-0.1, -0.05) is 11.6 Å². The van der Waals surface area contributed by atoms with E-state index in [9.17, 15) is 14.4 Å². The van der Waals surface area contributed by atoms with Crippen molar-refractivity contribution in [2.24, 2.45) is 0 Å². The number of nitrogens with zero attached hydrogens (tertiary/aromatic N) is 1. The van der Waals surface area contributed by atoms with Gasteiger partial charge in [-0.05, 0) is 25.1 Å². The molecule has 21 heavy (non-hydrogen) atoms. The Kier molecular flexibility index (Phi) is 5.98. The number of hydrogen-bond donors (Lipinski definition) is 3. The molecular weight excluding hydrogens is 298 g/mol. The second-order valence-electron chi connectivity index (χ2n) is 4.25. The Morgan fingerprint density at radius 1 is 1.29 bits per heavy atom. The number of carbonyl (C=O) groups is 3. The number of carboxylic acids is 1. The van der Waals surface area contributed by atoms with Crippen LogP contribution < -0.4 is 10.6 Å². The smallest absolute Gasteiger partial charge is 0.335 e. The summed E-state index contributed by atoms with van der Waals surface area (Å²) < 4.78 is 0. The summed E-state index contributed by atoms with van der Waals surface area (Å²) in [5, 5.41) is 13.9. The Bertz CT molecular complexity index is 562. The number of urea groups is 1. The summed E-state index contributed by atoms with van der Waals surface area (Å²) in [5.74, 6) is -1.38. The van der Waals surface area contributed by atoms with Gasteiger partial charge in [0.1, 0.15) is 0 Å². The first-order valence-corrected chi connectivity index (χ1v) is 6.54. The lowest BCUT2D eigenvalue weighted by molar-refractivity contribution is -0.128. The topological polar surface area (TPSA) is 98.7 Å². The molecule has 1 aromatic carbocycles. The highest BCUT2D eigenvalue weighted by atomic mass is 35.5. The Labute approximate surface area is 126 Å². The normalized spacial score (nSPS) is 9.86. The van der Waals surface area contributed by atoms with Gasteiger partial charge >= 0.3 is 12.0 Å². The van der Waals surface area contributed by atoms with Gasteiger partial charge in [-0.2, -0.15) is 0 Å². The summed E-state index contributed by atoms with van der Waals surface area (Å²) in [5.41, 5.74) is 0.188. The highest BCUT2D eigenvalue weighted by Crippen LogP contribution is 2.19. The van der Waals surface area contributed by atoms with Crippen LogP contribution in [0.15, 0.2) is 18.2 Å². The number of carboxylic acid groups (broad SMARTS) is 1. The molecule has 0 aliphatic carbocycles. The van der Waals surface area contributed by atoms with E-state index in [1.807, 2.05) is 6.92 Å². The van der Waals surface area contributed by atoms with Crippen LogP contribution in [0.4, 0.5) is 10.5 Å². The van der Waals surface area contributed by atoms with Gasteiger partial charge in [0.05, 0.1) is 12.1 Å². The standard InChI is InChI=1S/C13H16ClN3O4/c1-3-17(2)11(18)7-15-13(21)16-10-5-8(12(19)20)4-9(14)6-10/h4-6H,3,7H2,1-2H3,(H,19,20)(H2,15,16,21). The van der Waals surface area contributed by atoms with Gasteiger partial charge in [0.25, 0.3) is 0 Å². The van der Waals surface area contributed by atoms with Gasteiger partial charge in [0.2, 0.25) is 5.91 Å². The van der Waals surface area contributed by atoms with Crippen molar-refractivity contribution >= 4 is 35.2 Å². The van der Waals surface area contributed by atoms with Gasteiger partial charge < -0.3 is 20.6 Å². The zero-order chi connectivity index (χ0) is 16.0. The largest absolute Gasteiger partial charge is 0.478 e. The first kappa shape index (κ1) is 16.8. The minimum atomic E-state index is -1.15. The average molecular weight is 314 g/mol. The van der Waals surface area contributed by atoms with Gasteiger partial charge in [-0.3, -0.25) is 4.79 Å². The predicted octanol–water partition coefficient (Wildman–Crippen LogP) is 1.64. The minimum absolute atomic E-state index is 0.0420. The van der Waals surface area contributed by atoms with Crippen molar-refractivity contribution in [2.45, 2.75) is 6.92 Å². The van der Waals surface area contributed by atoms with E-state index < -0.39 is 12.0 Å². The molecule has 0 atom stereocenters. The molecule has 1 rings (SSSR count). The lowest BCUT2D eigenvalue weighted by atomic mass is 10.2. The van der Waals surface area contributed by atoms with Crippen molar-refractivity contribution in [3.05, 3.63) is 28.8 Å². The van der Waals surface area contributed by atoms with Crippen LogP contribution in [0.5, 0.6) is 0 Å². The van der Waals surface area contributed by atoms with Crippen molar-refractivity contribution in [2.75, 3.05) is 25.5 Å². The Morgan fingerprint density at radius 2 is 1.95 bits per heavy atom. The van der Waals surface area contributed by atoms with Crippen molar-refractivity contribution < 1.29 is 19.5 Å². The molecule has 0 saturated heterocycles. The van der Waals surface area contributed by atoms with E-state index in [2.05, 4.69) is 10.6 Å². The van der Waals surface area contributed by atoms with Crippen LogP contribution in [-0.4, -0.2) is 48.1 Å². The number of hydrogen-bond acceptors (Lipinski definition) is 3. The maximum Gasteiger partial charge on any atom is 0.335 e. The van der Waals surface area contributed by atoms with Gasteiger partial charge in [-0.15, -0.1) is 0 Å². The molecule has 0 fully saturated rings. The highest BCUT2D eigenvalue weighted by molar-refractivity contribution is 6.31. The molecule has 7 nitrogen and oxygen atoms in total. The third kappa shape index (κ3) is 5.31. The van der Waals surface area contributed by atoms with Crippen molar-refractivity contribution in [3.63, 3.8) is 0 Å². The molecule has 0 heterocycles. The van der Waals surface area contributed by atoms with Gasteiger partial charge in [-0.25, -0.2) is 9.59 Å². The van der Waals surface area contributed by atoms with Gasteiger partial charge in [0.15, 0.2) is 0 Å². The minimum Gasteiger partial charge on any atom is -0.478 e. The molecule has 114 valence electrons. The maximum atomic E-state index is 11.6. The van der Waals surface area contributed by atoms with E-state index in [-0.39, 0.29) is 28.7 Å². The fourth-order valence-corrected chi connectivity index (χ4v) is 1.66. The summed E-state index contributed by atoms with van der Waals surface area (Å²) >= 11 is 5.77. The number of likely N-dealkylation sites (N-methyl/N-ethyl adjacent to an activating group) is 1. The molecule has 0 spiro atoms. The van der Waals surface area contributed by atoms with E-state index in [0.29, 0.717) is 6.54 Å². The van der Waals surface area contributed by atoms with Crippen LogP contribution in [-0.2, 0) is 4.79 Å². The lowest BCUT2D eigenvalue weighted by Crippen LogP contribution is -2.39. The van der Waals surface area contributed by atoms with E-state index in [4.69, 9.17) is 16.7 Å². The number of aromatic carboxylic acids is 1. The Morgan fingerprint density at radius 3 is 2.52 bits per heavy atom. The zero-order valence-corrected chi connectivity index (χ0v) is 12.4. The molecule has 0 aliphatic rings. The number of rotatable bonds is 5. The third-order valence-corrected chi connectivity index (χ3v) is 2.92. The molecular formula is C13H16ClN3O4. The quantitative estimate of drug-likeness (QED) is 0.769. The summed E-state index contributed by atoms with van der Waals surface area (Å²) in [6.07, 6.45) is 0. The molecule has 0 aliphatic heterocycles. The second-order valence-corrected chi connectivity index (χ2v) is 4.69. The molecule has 0 unspecified atom stereocenters. The molecule has 0 saturated carbocycles. The molecule has 8 heteroatoms. The number of benzene rings is 1. The van der Waals surface area contributed by atoms with E-state index in [1.54, 1.807) is 7.05 Å². The number of amides is 3. The van der Waals surface area contributed by atoms with Gasteiger partial charge in [0, 0.05) is 24.3 Å². The first-order chi connectivity index (χ1) is 9.83. The predicted molar refractivity (Wildman–Crippen MR) is 78.7 cm³/mol. The number of nitrogens with one attached hydrogen (secondary N) is 2. The summed E-state index contributed by atoms with van der Waals surface area (Å²) in [7, 11) is 1.62. The molecule has 0 radical (unpaired) electrons. The Hall–Kier alpha value is -2.28. The fraction of sp³-hybridized carbons (Fsp3) is 0.308. The van der Waals surface area contributed by atoms with Crippen LogP contribution in [0.3, 0.4) is 0 Å². The summed E-state index contributed by atoms with van der Waals surface area (Å²) in [4.78, 5) is 35.5. The van der Waals surface area contributed by atoms with Crippen molar-refractivity contribution in [1.82, 2.24) is 10.2 Å². The SMILES string of the molecule is CCN(C)C(=O)CNC(=O)Nc1cc(Cl)cc(C(=O)O)c1. The molecule has 3 N–H and O–H groups in total. The van der Waals surface area contributed by atoms with Crippen molar-refractivity contribution in [3.8, 4) is 0 Å². The summed E-state index contributed by atoms with van der Waals surface area (Å²) in [6.45, 7) is 2.21. The zero-order valence-electron chi connectivity index (χ0n) is 11.6. The van der Waals surface area contributed by atoms with E-state index in [1.165, 1.54) is 23.1 Å². The molecule has 3 amide bonds. The molecule has 1 aromatic rings. The van der Waals surface area contributed by atoms with Crippen LogP contribution in [0.1, 0.15) is 17.3 Å². The number of halogens is 1. The monoisotopic (exact) mass is 313 g/mol. The van der Waals surface area contributed by atoms with E-state index >= 15 is 0 Å². The molecule has 0 bridgehead atoms. The van der Waals surface area contributed by atoms with Crippen LogP contribution >= 0.6 is 11.6 Å². The van der Waals surface area contributed by atoms with Crippen LogP contribution in [0.25, 0.3) is 0 Å². The lowest BCUT2D eigenvalue weighted by Gasteiger charge is -2.15. The fourth-order valence-electron chi connectivity index (χ4n) is 1.43. The number of carbonyl (C=O) groups excluding carboxylic acids is 2. The van der Waals surface area contributed by atoms with E-state index in [0.717, 1.165) is 0 Å². The maximum absolute atomic E-state index is 11.6.